The molecule has 0 bridgehead atoms. The van der Waals surface area contributed by atoms with Crippen LogP contribution in [0.4, 0.5) is 0 Å². The lowest BCUT2D eigenvalue weighted by atomic mass is 10.1. The monoisotopic (exact) mass is 261 g/mol. The molecule has 2 rings (SSSR count). The van der Waals surface area contributed by atoms with Gasteiger partial charge in [-0.05, 0) is 25.5 Å². The second-order valence-electron chi connectivity index (χ2n) is 4.56. The van der Waals surface area contributed by atoms with Crippen LogP contribution in [0.25, 0.3) is 11.4 Å². The Morgan fingerprint density at radius 1 is 1.26 bits per heavy atom. The zero-order chi connectivity index (χ0) is 13.8. The third kappa shape index (κ3) is 2.83. The normalized spacial score (nSPS) is 10.9. The van der Waals surface area contributed by atoms with Crippen LogP contribution in [-0.4, -0.2) is 33.6 Å². The number of aromatic nitrogens is 3. The fourth-order valence-corrected chi connectivity index (χ4v) is 2.05. The average molecular weight is 261 g/mol. The summed E-state index contributed by atoms with van der Waals surface area (Å²) in [4.78, 5) is 0. The maximum absolute atomic E-state index is 9.34. The van der Waals surface area contributed by atoms with E-state index in [1.807, 2.05) is 18.4 Å². The molecule has 1 aromatic heterocycles. The molecule has 1 aromatic carbocycles. The fourth-order valence-electron chi connectivity index (χ4n) is 2.05. The number of methoxy groups -OCH3 is 1. The van der Waals surface area contributed by atoms with Gasteiger partial charge in [0, 0.05) is 19.2 Å². The van der Waals surface area contributed by atoms with Gasteiger partial charge < -0.3 is 14.4 Å². The first kappa shape index (κ1) is 13.7. The summed E-state index contributed by atoms with van der Waals surface area (Å²) < 4.78 is 7.01. The van der Waals surface area contributed by atoms with Crippen molar-refractivity contribution in [3.8, 4) is 11.4 Å². The number of nitrogens with zero attached hydrogens (tertiary/aromatic N) is 3. The van der Waals surface area contributed by atoms with Crippen molar-refractivity contribution in [1.82, 2.24) is 14.8 Å². The van der Waals surface area contributed by atoms with Crippen molar-refractivity contribution in [2.75, 3.05) is 13.7 Å². The first-order valence-corrected chi connectivity index (χ1v) is 6.27. The fraction of sp³-hybridized carbons (Fsp3) is 0.429. The first-order chi connectivity index (χ1) is 9.17. The molecule has 0 amide bonds. The minimum Gasteiger partial charge on any atom is -0.388 e. The van der Waals surface area contributed by atoms with Crippen LogP contribution in [0, 0.1) is 13.8 Å². The quantitative estimate of drug-likeness (QED) is 0.890. The largest absolute Gasteiger partial charge is 0.388 e. The van der Waals surface area contributed by atoms with Crippen LogP contribution in [0.3, 0.4) is 0 Å². The zero-order valence-corrected chi connectivity index (χ0v) is 11.6. The Morgan fingerprint density at radius 3 is 2.74 bits per heavy atom. The van der Waals surface area contributed by atoms with Crippen molar-refractivity contribution in [1.29, 1.82) is 0 Å². The summed E-state index contributed by atoms with van der Waals surface area (Å²) in [6.45, 7) is 5.15. The molecule has 2 aromatic rings. The summed E-state index contributed by atoms with van der Waals surface area (Å²) in [6, 6.07) is 6.23. The predicted octanol–water partition coefficient (Wildman–Crippen LogP) is 1.70. The second-order valence-corrected chi connectivity index (χ2v) is 4.56. The van der Waals surface area contributed by atoms with Gasteiger partial charge in [0.15, 0.2) is 11.6 Å². The van der Waals surface area contributed by atoms with E-state index in [9.17, 15) is 5.11 Å². The van der Waals surface area contributed by atoms with Crippen LogP contribution in [0.1, 0.15) is 17.0 Å². The molecule has 5 heteroatoms. The summed E-state index contributed by atoms with van der Waals surface area (Å²) in [5.41, 5.74) is 3.36. The molecule has 1 heterocycles. The van der Waals surface area contributed by atoms with Gasteiger partial charge >= 0.3 is 0 Å². The molecule has 0 saturated heterocycles. The number of hydrogen-bond acceptors (Lipinski definition) is 4. The maximum Gasteiger partial charge on any atom is 0.164 e. The van der Waals surface area contributed by atoms with Gasteiger partial charge in [0.2, 0.25) is 0 Å². The SMILES string of the molecule is COCCn1c(CO)nnc1-c1cc(C)ccc1C. The van der Waals surface area contributed by atoms with E-state index in [4.69, 9.17) is 4.74 Å². The van der Waals surface area contributed by atoms with Crippen LogP contribution in [0.2, 0.25) is 0 Å². The number of benzene rings is 1. The van der Waals surface area contributed by atoms with Gasteiger partial charge in [0.1, 0.15) is 6.61 Å². The number of aliphatic hydroxyl groups excluding tert-OH is 1. The molecule has 0 atom stereocenters. The van der Waals surface area contributed by atoms with Gasteiger partial charge in [-0.3, -0.25) is 0 Å². The van der Waals surface area contributed by atoms with Gasteiger partial charge in [-0.1, -0.05) is 17.7 Å². The minimum absolute atomic E-state index is 0.123. The molecule has 0 aliphatic rings. The van der Waals surface area contributed by atoms with Crippen LogP contribution in [0.15, 0.2) is 18.2 Å². The molecular weight excluding hydrogens is 242 g/mol. The second kappa shape index (κ2) is 5.95. The molecule has 1 N–H and O–H groups in total. The molecule has 102 valence electrons. The van der Waals surface area contributed by atoms with E-state index >= 15 is 0 Å². The van der Waals surface area contributed by atoms with E-state index in [0.29, 0.717) is 19.0 Å². The Bertz CT molecular complexity index is 564. The van der Waals surface area contributed by atoms with Crippen molar-refractivity contribution in [2.45, 2.75) is 27.0 Å². The highest BCUT2D eigenvalue weighted by atomic mass is 16.5. The molecule has 0 saturated carbocycles. The molecule has 0 unspecified atom stereocenters. The Hall–Kier alpha value is -1.72. The number of hydrogen-bond donors (Lipinski definition) is 1. The zero-order valence-electron chi connectivity index (χ0n) is 11.6. The highest BCUT2D eigenvalue weighted by Crippen LogP contribution is 2.23. The van der Waals surface area contributed by atoms with Crippen molar-refractivity contribution in [3.05, 3.63) is 35.2 Å². The predicted molar refractivity (Wildman–Crippen MR) is 72.7 cm³/mol. The molecule has 0 fully saturated rings. The smallest absolute Gasteiger partial charge is 0.164 e. The average Bonchev–Trinajstić information content (AvgIpc) is 2.81. The van der Waals surface area contributed by atoms with Crippen molar-refractivity contribution in [2.24, 2.45) is 0 Å². The number of aliphatic hydroxyl groups is 1. The van der Waals surface area contributed by atoms with Crippen molar-refractivity contribution >= 4 is 0 Å². The van der Waals surface area contributed by atoms with Gasteiger partial charge in [-0.15, -0.1) is 10.2 Å². The lowest BCUT2D eigenvalue weighted by Gasteiger charge is -2.11. The van der Waals surface area contributed by atoms with Crippen molar-refractivity contribution < 1.29 is 9.84 Å². The van der Waals surface area contributed by atoms with Gasteiger partial charge in [-0.25, -0.2) is 0 Å². The van der Waals surface area contributed by atoms with Crippen LogP contribution in [0.5, 0.6) is 0 Å². The van der Waals surface area contributed by atoms with Gasteiger partial charge in [0.25, 0.3) is 0 Å². The van der Waals surface area contributed by atoms with E-state index in [2.05, 4.69) is 28.4 Å². The Morgan fingerprint density at radius 2 is 2.05 bits per heavy atom. The third-order valence-electron chi connectivity index (χ3n) is 3.12. The topological polar surface area (TPSA) is 60.2 Å². The summed E-state index contributed by atoms with van der Waals surface area (Å²) in [7, 11) is 1.65. The molecule has 5 nitrogen and oxygen atoms in total. The van der Waals surface area contributed by atoms with Crippen LogP contribution < -0.4 is 0 Å². The number of rotatable bonds is 5. The molecule has 0 aliphatic carbocycles. The van der Waals surface area contributed by atoms with E-state index in [-0.39, 0.29) is 6.61 Å². The number of ether oxygens (including phenoxy) is 1. The molecular formula is C14H19N3O2. The van der Waals surface area contributed by atoms with E-state index < -0.39 is 0 Å². The summed E-state index contributed by atoms with van der Waals surface area (Å²) in [5, 5.41) is 17.6. The third-order valence-corrected chi connectivity index (χ3v) is 3.12. The van der Waals surface area contributed by atoms with Gasteiger partial charge in [-0.2, -0.15) is 0 Å². The van der Waals surface area contributed by atoms with Gasteiger partial charge in [0.05, 0.1) is 6.61 Å². The lowest BCUT2D eigenvalue weighted by Crippen LogP contribution is -2.10. The molecule has 0 radical (unpaired) electrons. The minimum atomic E-state index is -0.123. The Labute approximate surface area is 112 Å². The molecule has 0 spiro atoms. The summed E-state index contributed by atoms with van der Waals surface area (Å²) in [6.07, 6.45) is 0. The van der Waals surface area contributed by atoms with Crippen LogP contribution in [-0.2, 0) is 17.9 Å². The first-order valence-electron chi connectivity index (χ1n) is 6.27. The highest BCUT2D eigenvalue weighted by Gasteiger charge is 2.14. The van der Waals surface area contributed by atoms with E-state index in [1.54, 1.807) is 7.11 Å². The Balaban J connectivity index is 2.49. The lowest BCUT2D eigenvalue weighted by molar-refractivity contribution is 0.183. The standard InChI is InChI=1S/C14H19N3O2/c1-10-4-5-11(2)12(8-10)14-16-15-13(9-18)17(14)6-7-19-3/h4-5,8,18H,6-7,9H2,1-3H3. The van der Waals surface area contributed by atoms with E-state index in [0.717, 1.165) is 17.0 Å². The molecule has 19 heavy (non-hydrogen) atoms. The molecule has 0 aliphatic heterocycles. The highest BCUT2D eigenvalue weighted by molar-refractivity contribution is 5.61. The Kier molecular flexibility index (Phi) is 4.29. The maximum atomic E-state index is 9.34. The summed E-state index contributed by atoms with van der Waals surface area (Å²) in [5.74, 6) is 1.34. The summed E-state index contributed by atoms with van der Waals surface area (Å²) >= 11 is 0. The van der Waals surface area contributed by atoms with E-state index in [1.165, 1.54) is 5.56 Å². The van der Waals surface area contributed by atoms with Crippen LogP contribution >= 0.6 is 0 Å². The number of aryl methyl sites for hydroxylation is 2. The van der Waals surface area contributed by atoms with Crippen molar-refractivity contribution in [3.63, 3.8) is 0 Å².